The molecule has 0 spiro atoms. The van der Waals surface area contributed by atoms with E-state index in [2.05, 4.69) is 28.4 Å². The van der Waals surface area contributed by atoms with Crippen molar-refractivity contribution in [3.8, 4) is 0 Å². The van der Waals surface area contributed by atoms with E-state index in [0.717, 1.165) is 18.0 Å². The van der Waals surface area contributed by atoms with Crippen molar-refractivity contribution in [3.63, 3.8) is 0 Å². The number of halogens is 1. The fourth-order valence-electron chi connectivity index (χ4n) is 1.52. The number of alkyl halides is 1. The van der Waals surface area contributed by atoms with Gasteiger partial charge in [0.25, 0.3) is 0 Å². The zero-order valence-electron chi connectivity index (χ0n) is 9.44. The molecular formula is C11H15ClN4. The number of aromatic nitrogens is 3. The van der Waals surface area contributed by atoms with Crippen molar-refractivity contribution in [2.24, 2.45) is 5.92 Å². The first-order chi connectivity index (χ1) is 7.70. The van der Waals surface area contributed by atoms with Crippen LogP contribution < -0.4 is 5.32 Å². The number of pyridine rings is 1. The predicted molar refractivity (Wildman–Crippen MR) is 66.1 cm³/mol. The summed E-state index contributed by atoms with van der Waals surface area (Å²) in [5, 5.41) is 7.51. The topological polar surface area (TPSA) is 42.2 Å². The van der Waals surface area contributed by atoms with E-state index < -0.39 is 0 Å². The lowest BCUT2D eigenvalue weighted by Gasteiger charge is -2.12. The Morgan fingerprint density at radius 2 is 2.31 bits per heavy atom. The molecule has 0 aliphatic heterocycles. The normalized spacial score (nSPS) is 12.9. The van der Waals surface area contributed by atoms with Gasteiger partial charge in [0, 0.05) is 12.4 Å². The highest BCUT2D eigenvalue weighted by Gasteiger charge is 2.05. The van der Waals surface area contributed by atoms with E-state index in [0.29, 0.717) is 11.8 Å². The molecule has 16 heavy (non-hydrogen) atoms. The summed E-state index contributed by atoms with van der Waals surface area (Å²) < 4.78 is 1.80. The van der Waals surface area contributed by atoms with Gasteiger partial charge in [-0.05, 0) is 30.5 Å². The number of hydrogen-bond acceptors (Lipinski definition) is 3. The van der Waals surface area contributed by atoms with Crippen LogP contribution in [-0.4, -0.2) is 27.0 Å². The zero-order chi connectivity index (χ0) is 11.5. The number of aryl methyl sites for hydroxylation is 1. The largest absolute Gasteiger partial charge is 0.370 e. The Morgan fingerprint density at radius 1 is 1.50 bits per heavy atom. The number of nitrogens with zero attached hydrogens (tertiary/aromatic N) is 3. The monoisotopic (exact) mass is 238 g/mol. The van der Waals surface area contributed by atoms with Gasteiger partial charge in [0.15, 0.2) is 5.65 Å². The van der Waals surface area contributed by atoms with E-state index >= 15 is 0 Å². The lowest BCUT2D eigenvalue weighted by Crippen LogP contribution is -2.14. The second-order valence-electron chi connectivity index (χ2n) is 4.09. The minimum absolute atomic E-state index is 0.431. The highest BCUT2D eigenvalue weighted by Crippen LogP contribution is 2.13. The van der Waals surface area contributed by atoms with Gasteiger partial charge in [-0.2, -0.15) is 9.61 Å². The summed E-state index contributed by atoms with van der Waals surface area (Å²) in [6, 6.07) is 4.06. The summed E-state index contributed by atoms with van der Waals surface area (Å²) >= 11 is 5.77. The Hall–Kier alpha value is -1.29. The van der Waals surface area contributed by atoms with Gasteiger partial charge in [-0.25, -0.2) is 4.98 Å². The van der Waals surface area contributed by atoms with Crippen molar-refractivity contribution in [1.29, 1.82) is 0 Å². The zero-order valence-corrected chi connectivity index (χ0v) is 10.2. The first-order valence-corrected chi connectivity index (χ1v) is 5.84. The van der Waals surface area contributed by atoms with Gasteiger partial charge < -0.3 is 5.32 Å². The van der Waals surface area contributed by atoms with E-state index in [-0.39, 0.29) is 0 Å². The van der Waals surface area contributed by atoms with Crippen LogP contribution in [0.5, 0.6) is 0 Å². The molecule has 1 unspecified atom stereocenters. The quantitative estimate of drug-likeness (QED) is 0.832. The summed E-state index contributed by atoms with van der Waals surface area (Å²) in [5.74, 6) is 2.05. The molecule has 0 fully saturated rings. The van der Waals surface area contributed by atoms with Crippen LogP contribution in [0.2, 0.25) is 0 Å². The number of rotatable bonds is 4. The summed E-state index contributed by atoms with van der Waals surface area (Å²) in [4.78, 5) is 4.17. The average molecular weight is 239 g/mol. The predicted octanol–water partition coefficient (Wildman–Crippen LogP) is 2.32. The fraction of sp³-hybridized carbons (Fsp3) is 0.455. The Kier molecular flexibility index (Phi) is 3.29. The smallest absolute Gasteiger partial charge is 0.157 e. The molecule has 86 valence electrons. The van der Waals surface area contributed by atoms with Crippen LogP contribution in [0.1, 0.15) is 12.5 Å². The number of hydrogen-bond donors (Lipinski definition) is 1. The van der Waals surface area contributed by atoms with Crippen molar-refractivity contribution < 1.29 is 0 Å². The van der Waals surface area contributed by atoms with Crippen molar-refractivity contribution in [3.05, 3.63) is 24.0 Å². The second kappa shape index (κ2) is 4.70. The van der Waals surface area contributed by atoms with Gasteiger partial charge in [0.1, 0.15) is 12.1 Å². The Morgan fingerprint density at radius 3 is 3.06 bits per heavy atom. The van der Waals surface area contributed by atoms with Gasteiger partial charge in [0.05, 0.1) is 0 Å². The average Bonchev–Trinajstić information content (AvgIpc) is 2.73. The molecule has 2 aromatic heterocycles. The molecule has 2 heterocycles. The number of nitrogens with one attached hydrogen (secondary N) is 1. The van der Waals surface area contributed by atoms with Gasteiger partial charge in [-0.15, -0.1) is 11.6 Å². The first-order valence-electron chi connectivity index (χ1n) is 5.31. The van der Waals surface area contributed by atoms with E-state index in [9.17, 15) is 0 Å². The number of fused-ring (bicyclic) bond motifs is 1. The van der Waals surface area contributed by atoms with Crippen LogP contribution in [0.4, 0.5) is 5.82 Å². The molecule has 1 atom stereocenters. The molecule has 0 bridgehead atoms. The van der Waals surface area contributed by atoms with E-state index in [1.54, 1.807) is 10.8 Å². The molecule has 2 rings (SSSR count). The maximum Gasteiger partial charge on any atom is 0.157 e. The van der Waals surface area contributed by atoms with Crippen LogP contribution in [-0.2, 0) is 0 Å². The standard InChI is InChI=1S/C11H15ClN4/c1-8-3-10(13-6-9(2)5-12)16-11(4-8)14-7-15-16/h3-4,7,9,13H,5-6H2,1-2H3. The van der Waals surface area contributed by atoms with Crippen molar-refractivity contribution in [1.82, 2.24) is 14.6 Å². The Bertz CT molecular complexity index is 480. The summed E-state index contributed by atoms with van der Waals surface area (Å²) in [7, 11) is 0. The summed E-state index contributed by atoms with van der Waals surface area (Å²) in [6.45, 7) is 4.99. The van der Waals surface area contributed by atoms with Crippen molar-refractivity contribution >= 4 is 23.1 Å². The molecule has 4 nitrogen and oxygen atoms in total. The third-order valence-corrected chi connectivity index (χ3v) is 2.95. The van der Waals surface area contributed by atoms with E-state index in [4.69, 9.17) is 11.6 Å². The third kappa shape index (κ3) is 2.27. The minimum atomic E-state index is 0.431. The lowest BCUT2D eigenvalue weighted by atomic mass is 10.2. The third-order valence-electron chi connectivity index (χ3n) is 2.42. The summed E-state index contributed by atoms with van der Waals surface area (Å²) in [6.07, 6.45) is 1.56. The molecule has 1 N–H and O–H groups in total. The molecule has 5 heteroatoms. The molecule has 0 saturated heterocycles. The Labute approximate surface area is 99.6 Å². The van der Waals surface area contributed by atoms with Crippen molar-refractivity contribution in [2.75, 3.05) is 17.7 Å². The maximum absolute atomic E-state index is 5.77. The molecule has 0 aliphatic carbocycles. The molecule has 0 saturated carbocycles. The van der Waals surface area contributed by atoms with Gasteiger partial charge in [-0.1, -0.05) is 6.92 Å². The highest BCUT2D eigenvalue weighted by molar-refractivity contribution is 6.18. The molecule has 0 aromatic carbocycles. The Balaban J connectivity index is 2.25. The number of anilines is 1. The van der Waals surface area contributed by atoms with Crippen LogP contribution in [0.25, 0.3) is 5.65 Å². The van der Waals surface area contributed by atoms with E-state index in [1.807, 2.05) is 13.0 Å². The second-order valence-corrected chi connectivity index (χ2v) is 4.40. The first kappa shape index (κ1) is 11.2. The van der Waals surface area contributed by atoms with Crippen molar-refractivity contribution in [2.45, 2.75) is 13.8 Å². The maximum atomic E-state index is 5.77. The van der Waals surface area contributed by atoms with Crippen LogP contribution in [0, 0.1) is 12.8 Å². The minimum Gasteiger partial charge on any atom is -0.370 e. The van der Waals surface area contributed by atoms with Crippen LogP contribution in [0.15, 0.2) is 18.5 Å². The van der Waals surface area contributed by atoms with Gasteiger partial charge >= 0.3 is 0 Å². The van der Waals surface area contributed by atoms with Gasteiger partial charge in [-0.3, -0.25) is 0 Å². The summed E-state index contributed by atoms with van der Waals surface area (Å²) in [5.41, 5.74) is 2.03. The highest BCUT2D eigenvalue weighted by atomic mass is 35.5. The van der Waals surface area contributed by atoms with Crippen LogP contribution >= 0.6 is 11.6 Å². The van der Waals surface area contributed by atoms with Gasteiger partial charge in [0.2, 0.25) is 0 Å². The fourth-order valence-corrected chi connectivity index (χ4v) is 1.62. The van der Waals surface area contributed by atoms with Crippen LogP contribution in [0.3, 0.4) is 0 Å². The lowest BCUT2D eigenvalue weighted by molar-refractivity contribution is 0.691. The molecule has 2 aromatic rings. The van der Waals surface area contributed by atoms with E-state index in [1.165, 1.54) is 5.56 Å². The molecule has 0 radical (unpaired) electrons. The molecule has 0 aliphatic rings. The molecular weight excluding hydrogens is 224 g/mol. The SMILES string of the molecule is Cc1cc(NCC(C)CCl)n2ncnc2c1. The molecule has 0 amide bonds.